The van der Waals surface area contributed by atoms with Gasteiger partial charge in [0.25, 0.3) is 0 Å². The van der Waals surface area contributed by atoms with Gasteiger partial charge in [0.1, 0.15) is 11.9 Å². The molecule has 0 radical (unpaired) electrons. The molecule has 2 fully saturated rings. The summed E-state index contributed by atoms with van der Waals surface area (Å²) in [6.07, 6.45) is 4.20. The molecule has 1 aliphatic carbocycles. The summed E-state index contributed by atoms with van der Waals surface area (Å²) < 4.78 is 13.6. The Hall–Kier alpha value is -0.940. The molecular formula is C13H14BrFN2O. The number of benzene rings is 1. The molecule has 1 aliphatic heterocycles. The van der Waals surface area contributed by atoms with Crippen molar-refractivity contribution in [1.29, 1.82) is 0 Å². The molecule has 3 rings (SSSR count). The van der Waals surface area contributed by atoms with Crippen LogP contribution >= 0.6 is 15.9 Å². The van der Waals surface area contributed by atoms with Crippen molar-refractivity contribution in [1.82, 2.24) is 10.6 Å². The lowest BCUT2D eigenvalue weighted by Crippen LogP contribution is -2.46. The Balaban J connectivity index is 1.88. The second-order valence-electron chi connectivity index (χ2n) is 5.03. The maximum absolute atomic E-state index is 13.2. The Morgan fingerprint density at radius 3 is 2.72 bits per heavy atom. The highest BCUT2D eigenvalue weighted by Gasteiger charge is 2.45. The van der Waals surface area contributed by atoms with Gasteiger partial charge in [0.2, 0.25) is 5.91 Å². The molecule has 0 unspecified atom stereocenters. The Labute approximate surface area is 113 Å². The van der Waals surface area contributed by atoms with Crippen LogP contribution in [0.25, 0.3) is 0 Å². The molecule has 1 saturated carbocycles. The second-order valence-corrected chi connectivity index (χ2v) is 5.88. The zero-order valence-electron chi connectivity index (χ0n) is 9.80. The van der Waals surface area contributed by atoms with E-state index in [0.717, 1.165) is 31.2 Å². The van der Waals surface area contributed by atoms with Crippen LogP contribution in [0.2, 0.25) is 0 Å². The van der Waals surface area contributed by atoms with E-state index in [0.29, 0.717) is 4.47 Å². The molecule has 3 nitrogen and oxygen atoms in total. The number of rotatable bonds is 1. The second kappa shape index (κ2) is 4.31. The molecule has 0 aromatic heterocycles. The maximum atomic E-state index is 13.2. The van der Waals surface area contributed by atoms with Crippen molar-refractivity contribution >= 4 is 21.8 Å². The molecule has 1 aromatic carbocycles. The van der Waals surface area contributed by atoms with Gasteiger partial charge in [-0.1, -0.05) is 6.07 Å². The molecule has 1 heterocycles. The van der Waals surface area contributed by atoms with Gasteiger partial charge in [0.05, 0.1) is 10.1 Å². The van der Waals surface area contributed by atoms with Gasteiger partial charge in [-0.25, -0.2) is 4.39 Å². The fraction of sp³-hybridized carbons (Fsp3) is 0.462. The van der Waals surface area contributed by atoms with Crippen molar-refractivity contribution in [3.05, 3.63) is 34.1 Å². The topological polar surface area (TPSA) is 41.1 Å². The third-order valence-electron chi connectivity index (χ3n) is 3.78. The van der Waals surface area contributed by atoms with E-state index in [9.17, 15) is 9.18 Å². The number of carbonyl (C=O) groups excluding carboxylic acids is 1. The molecule has 18 heavy (non-hydrogen) atoms. The lowest BCUT2D eigenvalue weighted by atomic mass is 10.1. The van der Waals surface area contributed by atoms with Gasteiger partial charge < -0.3 is 5.32 Å². The monoisotopic (exact) mass is 312 g/mol. The largest absolute Gasteiger partial charge is 0.336 e. The van der Waals surface area contributed by atoms with E-state index in [-0.39, 0.29) is 23.4 Å². The first-order valence-corrected chi connectivity index (χ1v) is 6.94. The first kappa shape index (κ1) is 12.1. The van der Waals surface area contributed by atoms with Crippen molar-refractivity contribution in [2.75, 3.05) is 0 Å². The average molecular weight is 313 g/mol. The Kier molecular flexibility index (Phi) is 2.90. The normalized spacial score (nSPS) is 25.7. The molecule has 2 aliphatic rings. The van der Waals surface area contributed by atoms with E-state index in [1.54, 1.807) is 12.1 Å². The summed E-state index contributed by atoms with van der Waals surface area (Å²) >= 11 is 3.15. The molecule has 1 saturated heterocycles. The standard InChI is InChI=1S/C13H14BrFN2O/c14-9-7-8(3-4-10(9)15)11-12(18)17-13(16-11)5-1-2-6-13/h3-4,7,11,16H,1-2,5-6H2,(H,17,18)/t11-/m1/s1. The summed E-state index contributed by atoms with van der Waals surface area (Å²) in [4.78, 5) is 12.0. The zero-order chi connectivity index (χ0) is 12.8. The van der Waals surface area contributed by atoms with Crippen LogP contribution in [0.15, 0.2) is 22.7 Å². The SMILES string of the molecule is O=C1NC2(CCCC2)N[C@@H]1c1ccc(F)c(Br)c1. The smallest absolute Gasteiger partial charge is 0.243 e. The number of amides is 1. The van der Waals surface area contributed by atoms with Gasteiger partial charge in [-0.3, -0.25) is 10.1 Å². The molecular weight excluding hydrogens is 299 g/mol. The summed E-state index contributed by atoms with van der Waals surface area (Å²) in [7, 11) is 0. The van der Waals surface area contributed by atoms with Crippen molar-refractivity contribution in [2.45, 2.75) is 37.4 Å². The molecule has 1 atom stereocenters. The van der Waals surface area contributed by atoms with Gasteiger partial charge in [0.15, 0.2) is 0 Å². The molecule has 1 amide bonds. The number of halogens is 2. The first-order chi connectivity index (χ1) is 8.60. The van der Waals surface area contributed by atoms with E-state index < -0.39 is 0 Å². The number of carbonyl (C=O) groups is 1. The fourth-order valence-electron chi connectivity index (χ4n) is 2.86. The predicted molar refractivity (Wildman–Crippen MR) is 69.3 cm³/mol. The lowest BCUT2D eigenvalue weighted by Gasteiger charge is -2.23. The molecule has 1 aromatic rings. The quantitative estimate of drug-likeness (QED) is 0.837. The number of hydrogen-bond acceptors (Lipinski definition) is 2. The fourth-order valence-corrected chi connectivity index (χ4v) is 3.26. The van der Waals surface area contributed by atoms with Crippen LogP contribution in [0.4, 0.5) is 4.39 Å². The molecule has 5 heteroatoms. The summed E-state index contributed by atoms with van der Waals surface area (Å²) in [5, 5.41) is 6.43. The van der Waals surface area contributed by atoms with E-state index in [1.807, 2.05) is 0 Å². The zero-order valence-corrected chi connectivity index (χ0v) is 11.4. The number of nitrogens with one attached hydrogen (secondary N) is 2. The molecule has 0 bridgehead atoms. The number of hydrogen-bond donors (Lipinski definition) is 2. The summed E-state index contributed by atoms with van der Waals surface area (Å²) in [5.74, 6) is -0.330. The Morgan fingerprint density at radius 1 is 1.33 bits per heavy atom. The van der Waals surface area contributed by atoms with Gasteiger partial charge in [-0.15, -0.1) is 0 Å². The van der Waals surface area contributed by atoms with E-state index in [4.69, 9.17) is 0 Å². The highest BCUT2D eigenvalue weighted by Crippen LogP contribution is 2.35. The lowest BCUT2D eigenvalue weighted by molar-refractivity contribution is -0.121. The molecule has 2 N–H and O–H groups in total. The third-order valence-corrected chi connectivity index (χ3v) is 4.39. The van der Waals surface area contributed by atoms with Crippen molar-refractivity contribution in [2.24, 2.45) is 0 Å². The van der Waals surface area contributed by atoms with Crippen LogP contribution in [0.1, 0.15) is 37.3 Å². The van der Waals surface area contributed by atoms with Crippen molar-refractivity contribution in [3.8, 4) is 0 Å². The minimum Gasteiger partial charge on any atom is -0.336 e. The predicted octanol–water partition coefficient (Wildman–Crippen LogP) is 2.62. The summed E-state index contributed by atoms with van der Waals surface area (Å²) in [6.45, 7) is 0. The van der Waals surface area contributed by atoms with E-state index in [1.165, 1.54) is 6.07 Å². The Morgan fingerprint density at radius 2 is 2.06 bits per heavy atom. The summed E-state index contributed by atoms with van der Waals surface area (Å²) in [5.41, 5.74) is 0.562. The van der Waals surface area contributed by atoms with Crippen molar-refractivity contribution in [3.63, 3.8) is 0 Å². The van der Waals surface area contributed by atoms with Gasteiger partial charge >= 0.3 is 0 Å². The highest BCUT2D eigenvalue weighted by molar-refractivity contribution is 9.10. The van der Waals surface area contributed by atoms with E-state index in [2.05, 4.69) is 26.6 Å². The third kappa shape index (κ3) is 1.95. The maximum Gasteiger partial charge on any atom is 0.243 e. The summed E-state index contributed by atoms with van der Waals surface area (Å²) in [6, 6.07) is 4.33. The highest BCUT2D eigenvalue weighted by atomic mass is 79.9. The van der Waals surface area contributed by atoms with Gasteiger partial charge in [-0.2, -0.15) is 0 Å². The van der Waals surface area contributed by atoms with Gasteiger partial charge in [-0.05, 0) is 59.3 Å². The van der Waals surface area contributed by atoms with Crippen LogP contribution in [0.5, 0.6) is 0 Å². The van der Waals surface area contributed by atoms with Crippen LogP contribution in [0.3, 0.4) is 0 Å². The first-order valence-electron chi connectivity index (χ1n) is 6.14. The van der Waals surface area contributed by atoms with Crippen LogP contribution < -0.4 is 10.6 Å². The van der Waals surface area contributed by atoms with Crippen molar-refractivity contribution < 1.29 is 9.18 Å². The van der Waals surface area contributed by atoms with Gasteiger partial charge in [0, 0.05) is 0 Å². The minimum absolute atomic E-state index is 0.0181. The van der Waals surface area contributed by atoms with Crippen LogP contribution in [-0.4, -0.2) is 11.6 Å². The molecule has 1 spiro atoms. The van der Waals surface area contributed by atoms with Crippen LogP contribution in [-0.2, 0) is 4.79 Å². The molecule has 96 valence electrons. The minimum atomic E-state index is -0.375. The van der Waals surface area contributed by atoms with Crippen LogP contribution in [0, 0.1) is 5.82 Å². The average Bonchev–Trinajstić information content (AvgIpc) is 2.91. The van der Waals surface area contributed by atoms with E-state index >= 15 is 0 Å². The Bertz CT molecular complexity index is 500.